The largest absolute Gasteiger partial charge is 0.351 e. The fourth-order valence-corrected chi connectivity index (χ4v) is 4.41. The van der Waals surface area contributed by atoms with Crippen LogP contribution in [0, 0.1) is 0 Å². The topological polar surface area (TPSA) is 58.4 Å². The first-order chi connectivity index (χ1) is 15.2. The van der Waals surface area contributed by atoms with E-state index in [9.17, 15) is 4.79 Å². The second-order valence-electron chi connectivity index (χ2n) is 8.34. The molecule has 2 heterocycles. The molecule has 0 aliphatic carbocycles. The number of rotatable bonds is 8. The molecule has 5 heteroatoms. The molecule has 1 aromatic heterocycles. The first-order valence-electron chi connectivity index (χ1n) is 11.3. The van der Waals surface area contributed by atoms with E-state index in [-0.39, 0.29) is 11.8 Å². The molecule has 1 fully saturated rings. The number of benzene rings is 2. The van der Waals surface area contributed by atoms with E-state index in [1.54, 1.807) is 0 Å². The molecule has 31 heavy (non-hydrogen) atoms. The average Bonchev–Trinajstić information content (AvgIpc) is 3.33. The normalized spacial score (nSPS) is 17.0. The Hall–Kier alpha value is -2.92. The van der Waals surface area contributed by atoms with Gasteiger partial charge in [0.25, 0.3) is 5.91 Å². The number of nitrogens with one attached hydrogen (secondary N) is 1. The van der Waals surface area contributed by atoms with Crippen molar-refractivity contribution in [1.82, 2.24) is 15.4 Å². The third kappa shape index (κ3) is 5.42. The summed E-state index contributed by atoms with van der Waals surface area (Å²) in [4.78, 5) is 14.7. The van der Waals surface area contributed by atoms with Crippen LogP contribution in [0.1, 0.15) is 65.4 Å². The fraction of sp³-hybridized carbons (Fsp3) is 0.385. The SMILES string of the molecule is CCCNC(=O)c1cc([C@@H]2CCCN(CC(c3ccccc3)c3ccccc3)C2)no1. The Morgan fingerprint density at radius 1 is 1.13 bits per heavy atom. The molecule has 0 spiro atoms. The van der Waals surface area contributed by atoms with Crippen LogP contribution in [-0.4, -0.2) is 42.1 Å². The first-order valence-corrected chi connectivity index (χ1v) is 11.3. The van der Waals surface area contributed by atoms with Crippen molar-refractivity contribution in [3.05, 3.63) is 89.3 Å². The first kappa shape index (κ1) is 21.3. The molecule has 4 rings (SSSR count). The number of piperidine rings is 1. The molecule has 1 aliphatic rings. The Morgan fingerprint density at radius 2 is 1.81 bits per heavy atom. The monoisotopic (exact) mass is 417 g/mol. The lowest BCUT2D eigenvalue weighted by atomic mass is 9.88. The predicted octanol–water partition coefficient (Wildman–Crippen LogP) is 4.83. The van der Waals surface area contributed by atoms with E-state index in [4.69, 9.17) is 4.52 Å². The van der Waals surface area contributed by atoms with E-state index in [0.29, 0.717) is 18.2 Å². The third-order valence-corrected chi connectivity index (χ3v) is 6.06. The molecule has 5 nitrogen and oxygen atoms in total. The van der Waals surface area contributed by atoms with Gasteiger partial charge in [0, 0.05) is 37.5 Å². The number of likely N-dealkylation sites (tertiary alicyclic amines) is 1. The maximum atomic E-state index is 12.2. The lowest BCUT2D eigenvalue weighted by molar-refractivity contribution is 0.0916. The van der Waals surface area contributed by atoms with Crippen molar-refractivity contribution >= 4 is 5.91 Å². The molecule has 1 aliphatic heterocycles. The van der Waals surface area contributed by atoms with Gasteiger partial charge in [0.2, 0.25) is 5.76 Å². The lowest BCUT2D eigenvalue weighted by Crippen LogP contribution is -2.37. The van der Waals surface area contributed by atoms with Crippen molar-refractivity contribution in [3.8, 4) is 0 Å². The van der Waals surface area contributed by atoms with Crippen molar-refractivity contribution in [2.45, 2.75) is 38.0 Å². The summed E-state index contributed by atoms with van der Waals surface area (Å²) in [6.45, 7) is 5.65. The standard InChI is InChI=1S/C26H31N3O2/c1-2-15-27-26(30)25-17-24(28-31-25)22-14-9-16-29(18-22)19-23(20-10-5-3-6-11-20)21-12-7-4-8-13-21/h3-8,10-13,17,22-23H,2,9,14-16,18-19H2,1H3,(H,27,30)/t22-/m1/s1. The molecule has 1 N–H and O–H groups in total. The van der Waals surface area contributed by atoms with Crippen LogP contribution < -0.4 is 5.32 Å². The van der Waals surface area contributed by atoms with E-state index in [1.807, 2.05) is 13.0 Å². The van der Waals surface area contributed by atoms with Crippen LogP contribution in [0.3, 0.4) is 0 Å². The van der Waals surface area contributed by atoms with Gasteiger partial charge < -0.3 is 14.7 Å². The molecule has 0 radical (unpaired) electrons. The van der Waals surface area contributed by atoms with E-state index in [1.165, 1.54) is 11.1 Å². The van der Waals surface area contributed by atoms with Gasteiger partial charge in [-0.05, 0) is 36.9 Å². The minimum absolute atomic E-state index is 0.179. The molecule has 0 saturated carbocycles. The number of amides is 1. The van der Waals surface area contributed by atoms with Gasteiger partial charge in [-0.1, -0.05) is 72.7 Å². The van der Waals surface area contributed by atoms with Crippen molar-refractivity contribution < 1.29 is 9.32 Å². The molecular weight excluding hydrogens is 386 g/mol. The smallest absolute Gasteiger partial charge is 0.289 e. The number of carbonyl (C=O) groups is 1. The maximum absolute atomic E-state index is 12.2. The lowest BCUT2D eigenvalue weighted by Gasteiger charge is -2.34. The maximum Gasteiger partial charge on any atom is 0.289 e. The average molecular weight is 418 g/mol. The van der Waals surface area contributed by atoms with E-state index in [2.05, 4.69) is 76.0 Å². The van der Waals surface area contributed by atoms with E-state index in [0.717, 1.165) is 44.6 Å². The summed E-state index contributed by atoms with van der Waals surface area (Å²) >= 11 is 0. The molecular formula is C26H31N3O2. The number of carbonyl (C=O) groups excluding carboxylic acids is 1. The Kier molecular flexibility index (Phi) is 7.15. The number of nitrogens with zero attached hydrogens (tertiary/aromatic N) is 2. The second-order valence-corrected chi connectivity index (χ2v) is 8.34. The summed E-state index contributed by atoms with van der Waals surface area (Å²) in [6, 6.07) is 23.3. The van der Waals surface area contributed by atoms with Gasteiger partial charge in [-0.2, -0.15) is 0 Å². The zero-order chi connectivity index (χ0) is 21.5. The number of hydrogen-bond donors (Lipinski definition) is 1. The summed E-state index contributed by atoms with van der Waals surface area (Å²) in [5, 5.41) is 7.09. The zero-order valence-corrected chi connectivity index (χ0v) is 18.2. The Balaban J connectivity index is 1.46. The summed E-state index contributed by atoms with van der Waals surface area (Å²) in [6.07, 6.45) is 3.08. The summed E-state index contributed by atoms with van der Waals surface area (Å²) in [5.41, 5.74) is 3.57. The van der Waals surface area contributed by atoms with Crippen LogP contribution in [-0.2, 0) is 0 Å². The van der Waals surface area contributed by atoms with Gasteiger partial charge in [0.1, 0.15) is 0 Å². The molecule has 0 bridgehead atoms. The van der Waals surface area contributed by atoms with Crippen LogP contribution >= 0.6 is 0 Å². The highest BCUT2D eigenvalue weighted by atomic mass is 16.5. The second kappa shape index (κ2) is 10.4. The highest BCUT2D eigenvalue weighted by Crippen LogP contribution is 2.31. The minimum Gasteiger partial charge on any atom is -0.351 e. The van der Waals surface area contributed by atoms with Gasteiger partial charge in [-0.15, -0.1) is 0 Å². The van der Waals surface area contributed by atoms with Crippen molar-refractivity contribution in [1.29, 1.82) is 0 Å². The van der Waals surface area contributed by atoms with Crippen LogP contribution in [0.15, 0.2) is 71.3 Å². The highest BCUT2D eigenvalue weighted by Gasteiger charge is 2.27. The van der Waals surface area contributed by atoms with E-state index < -0.39 is 0 Å². The molecule has 0 unspecified atom stereocenters. The van der Waals surface area contributed by atoms with Crippen LogP contribution in [0.5, 0.6) is 0 Å². The number of aromatic nitrogens is 1. The highest BCUT2D eigenvalue weighted by molar-refractivity contribution is 5.91. The van der Waals surface area contributed by atoms with Gasteiger partial charge >= 0.3 is 0 Å². The van der Waals surface area contributed by atoms with Gasteiger partial charge in [-0.3, -0.25) is 4.79 Å². The Bertz CT molecular complexity index is 916. The van der Waals surface area contributed by atoms with Crippen LogP contribution in [0.25, 0.3) is 0 Å². The molecule has 2 aromatic carbocycles. The van der Waals surface area contributed by atoms with Crippen molar-refractivity contribution in [2.75, 3.05) is 26.2 Å². The van der Waals surface area contributed by atoms with E-state index >= 15 is 0 Å². The van der Waals surface area contributed by atoms with Gasteiger partial charge in [-0.25, -0.2) is 0 Å². The molecule has 1 atom stereocenters. The quantitative estimate of drug-likeness (QED) is 0.571. The van der Waals surface area contributed by atoms with Crippen LogP contribution in [0.2, 0.25) is 0 Å². The molecule has 1 amide bonds. The molecule has 1 saturated heterocycles. The van der Waals surface area contributed by atoms with Crippen molar-refractivity contribution in [2.24, 2.45) is 0 Å². The Labute approximate surface area is 184 Å². The third-order valence-electron chi connectivity index (χ3n) is 6.06. The summed E-state index contributed by atoms with van der Waals surface area (Å²) in [7, 11) is 0. The van der Waals surface area contributed by atoms with Crippen molar-refractivity contribution in [3.63, 3.8) is 0 Å². The van der Waals surface area contributed by atoms with Gasteiger partial charge in [0.15, 0.2) is 0 Å². The molecule has 3 aromatic rings. The molecule has 162 valence electrons. The van der Waals surface area contributed by atoms with Gasteiger partial charge in [0.05, 0.1) is 5.69 Å². The summed E-state index contributed by atoms with van der Waals surface area (Å²) < 4.78 is 5.35. The number of hydrogen-bond acceptors (Lipinski definition) is 4. The van der Waals surface area contributed by atoms with Crippen LogP contribution in [0.4, 0.5) is 0 Å². The summed E-state index contributed by atoms with van der Waals surface area (Å²) in [5.74, 6) is 0.750. The predicted molar refractivity (Wildman–Crippen MR) is 122 cm³/mol. The fourth-order valence-electron chi connectivity index (χ4n) is 4.41. The minimum atomic E-state index is -0.179. The Morgan fingerprint density at radius 3 is 2.45 bits per heavy atom. The zero-order valence-electron chi connectivity index (χ0n) is 18.2.